The molecule has 1 aromatic carbocycles. The molecular weight excluding hydrogens is 903 g/mol. The zero-order valence-electron chi connectivity index (χ0n) is 39.2. The van der Waals surface area contributed by atoms with E-state index in [2.05, 4.69) is 114 Å². The van der Waals surface area contributed by atoms with Crippen LogP contribution in [0.3, 0.4) is 0 Å². The van der Waals surface area contributed by atoms with Gasteiger partial charge in [0, 0.05) is 17.6 Å². The molecule has 11 heterocycles. The van der Waals surface area contributed by atoms with Gasteiger partial charge in [-0.3, -0.25) is 4.98 Å². The number of hydrogen-bond acceptors (Lipinski definition) is 13. The van der Waals surface area contributed by atoms with Crippen molar-refractivity contribution in [1.29, 1.82) is 0 Å². The third kappa shape index (κ3) is 16.4. The van der Waals surface area contributed by atoms with Crippen molar-refractivity contribution in [2.75, 3.05) is 0 Å². The van der Waals surface area contributed by atoms with E-state index in [0.717, 1.165) is 125 Å². The van der Waals surface area contributed by atoms with Crippen LogP contribution in [0.25, 0.3) is 66.9 Å². The van der Waals surface area contributed by atoms with Gasteiger partial charge in [0.15, 0.2) is 28.2 Å². The van der Waals surface area contributed by atoms with Gasteiger partial charge in [0.1, 0.15) is 46.3 Å². The van der Waals surface area contributed by atoms with Crippen LogP contribution >= 0.6 is 0 Å². The maximum atomic E-state index is 4.30. The van der Waals surface area contributed by atoms with Crippen molar-refractivity contribution in [3.05, 3.63) is 136 Å². The van der Waals surface area contributed by atoms with Crippen LogP contribution in [-0.4, -0.2) is 94.7 Å². The molecule has 384 valence electrons. The van der Waals surface area contributed by atoms with Crippen molar-refractivity contribution in [3.63, 3.8) is 0 Å². The summed E-state index contributed by atoms with van der Waals surface area (Å²) < 4.78 is 0. The van der Waals surface area contributed by atoms with Gasteiger partial charge in [-0.25, -0.2) is 59.8 Å². The number of imidazole rings is 6. The molecule has 12 rings (SSSR count). The number of fused-ring (bicyclic) bond motifs is 6. The van der Waals surface area contributed by atoms with E-state index >= 15 is 0 Å². The number of aromatic amines is 6. The maximum Gasteiger partial charge on any atom is 0.197 e. The topological polar surface area (TPSA) is 262 Å². The lowest BCUT2D eigenvalue weighted by molar-refractivity contribution is 1.08. The maximum absolute atomic E-state index is 4.30. The van der Waals surface area contributed by atoms with Crippen molar-refractivity contribution in [2.45, 2.75) is 128 Å². The Labute approximate surface area is 424 Å². The molecule has 0 aliphatic heterocycles. The van der Waals surface area contributed by atoms with E-state index in [4.69, 9.17) is 0 Å². The van der Waals surface area contributed by atoms with Crippen LogP contribution in [0.2, 0.25) is 0 Å². The molecule has 0 aliphatic carbocycles. The number of aromatic nitrogens is 19. The molecule has 0 radical (unpaired) electrons. The number of pyridine rings is 3. The van der Waals surface area contributed by atoms with Crippen LogP contribution in [0.4, 0.5) is 0 Å². The average Bonchev–Trinajstić information content (AvgIpc) is 4.11. The van der Waals surface area contributed by atoms with Gasteiger partial charge in [-0.2, -0.15) is 0 Å². The summed E-state index contributed by atoms with van der Waals surface area (Å²) >= 11 is 0. The third-order valence-corrected chi connectivity index (χ3v) is 9.50. The van der Waals surface area contributed by atoms with Gasteiger partial charge in [0.05, 0.1) is 57.4 Å². The zero-order valence-corrected chi connectivity index (χ0v) is 39.2. The molecule has 6 N–H and O–H groups in total. The summed E-state index contributed by atoms with van der Waals surface area (Å²) in [5.41, 5.74) is 16.2. The number of hydrogen-bond donors (Lipinski definition) is 6. The summed E-state index contributed by atoms with van der Waals surface area (Å²) in [5.74, 6) is 6.23. The van der Waals surface area contributed by atoms with Gasteiger partial charge in [-0.15, -0.1) is 0 Å². The summed E-state index contributed by atoms with van der Waals surface area (Å²) in [6, 6.07) is 14.2. The van der Waals surface area contributed by atoms with E-state index in [9.17, 15) is 0 Å². The first-order chi connectivity index (χ1) is 31.5. The molecule has 0 amide bonds. The molecule has 0 spiro atoms. The van der Waals surface area contributed by atoms with Crippen molar-refractivity contribution in [1.82, 2.24) is 94.7 Å². The highest BCUT2D eigenvalue weighted by atomic mass is 15.0. The monoisotopic (exact) mass is 980 g/mol. The first-order valence-corrected chi connectivity index (χ1v) is 21.2. The van der Waals surface area contributed by atoms with Gasteiger partial charge in [0.2, 0.25) is 0 Å². The molecular formula is C53H77N19. The Bertz CT molecular complexity index is 2940. The molecule has 0 atom stereocenters. The Morgan fingerprint density at radius 3 is 1.50 bits per heavy atom. The lowest BCUT2D eigenvalue weighted by Crippen LogP contribution is -1.85. The highest BCUT2D eigenvalue weighted by Crippen LogP contribution is 2.14. The Morgan fingerprint density at radius 2 is 0.806 bits per heavy atom. The minimum Gasteiger partial charge on any atom is -0.342 e. The summed E-state index contributed by atoms with van der Waals surface area (Å²) in [6.45, 7) is 23.3. The molecule has 0 bridgehead atoms. The highest BCUT2D eigenvalue weighted by Gasteiger charge is 2.03. The van der Waals surface area contributed by atoms with Crippen LogP contribution in [0.5, 0.6) is 0 Å². The molecule has 0 fully saturated rings. The minimum absolute atomic E-state index is 0. The van der Waals surface area contributed by atoms with Crippen molar-refractivity contribution < 1.29 is 0 Å². The van der Waals surface area contributed by atoms with E-state index in [0.29, 0.717) is 5.65 Å². The summed E-state index contributed by atoms with van der Waals surface area (Å²) in [5, 5.41) is 0. The summed E-state index contributed by atoms with van der Waals surface area (Å²) in [6.07, 6.45) is 7.09. The molecule has 19 heteroatoms. The molecule has 19 nitrogen and oxygen atoms in total. The van der Waals surface area contributed by atoms with E-state index in [1.807, 2.05) is 119 Å². The minimum atomic E-state index is 0. The smallest absolute Gasteiger partial charge is 0.197 e. The fourth-order valence-corrected chi connectivity index (χ4v) is 6.63. The second-order valence-electron chi connectivity index (χ2n) is 15.8. The van der Waals surface area contributed by atoms with E-state index in [1.165, 1.54) is 5.56 Å². The highest BCUT2D eigenvalue weighted by molar-refractivity contribution is 5.76. The molecule has 72 heavy (non-hydrogen) atoms. The Morgan fingerprint density at radius 1 is 0.292 bits per heavy atom. The van der Waals surface area contributed by atoms with Crippen molar-refractivity contribution in [2.24, 2.45) is 0 Å². The fraction of sp³-hybridized carbons (Fsp3) is 0.340. The first-order valence-electron chi connectivity index (χ1n) is 21.2. The van der Waals surface area contributed by atoms with Gasteiger partial charge < -0.3 is 29.9 Å². The van der Waals surface area contributed by atoms with Crippen molar-refractivity contribution in [3.8, 4) is 0 Å². The van der Waals surface area contributed by atoms with Crippen LogP contribution < -0.4 is 0 Å². The van der Waals surface area contributed by atoms with Gasteiger partial charge >= 0.3 is 0 Å². The summed E-state index contributed by atoms with van der Waals surface area (Å²) in [7, 11) is 0. The van der Waals surface area contributed by atoms with Gasteiger partial charge in [0.25, 0.3) is 0 Å². The molecule has 11 aromatic heterocycles. The SMILES string of the molecule is C.C.C.C.C.C.Cc1cc2nc(C)[nH]c2cn1.Cc1ccc2[nH]c(C)nc2n1.Cc1ccc2nc(C)[nH]c2c1.Cc1cnc2nc(C)[nH]c2c1.Cc1cnc2nc(C)[nH]c2n1.Cc1ncc2[nH]c(C)nc2n1. The second-order valence-corrected chi connectivity index (χ2v) is 15.8. The van der Waals surface area contributed by atoms with Crippen molar-refractivity contribution >= 4 is 66.9 Å². The first kappa shape index (κ1) is 61.7. The number of rotatable bonds is 0. The normalized spacial score (nSPS) is 9.83. The molecule has 0 saturated heterocycles. The van der Waals surface area contributed by atoms with E-state index < -0.39 is 0 Å². The number of aryl methyl sites for hydroxylation is 12. The second kappa shape index (κ2) is 27.2. The number of benzene rings is 1. The molecule has 12 aromatic rings. The van der Waals surface area contributed by atoms with Crippen LogP contribution in [-0.2, 0) is 0 Å². The van der Waals surface area contributed by atoms with Gasteiger partial charge in [-0.1, -0.05) is 50.6 Å². The largest absolute Gasteiger partial charge is 0.342 e. The summed E-state index contributed by atoms with van der Waals surface area (Å²) in [4.78, 5) is 72.9. The predicted octanol–water partition coefficient (Wildman–Crippen LogP) is 12.7. The Kier molecular flexibility index (Phi) is 23.3. The Balaban J connectivity index is 0.000000425. The van der Waals surface area contributed by atoms with Gasteiger partial charge in [-0.05, 0) is 131 Å². The van der Waals surface area contributed by atoms with Crippen LogP contribution in [0, 0.1) is 83.1 Å². The van der Waals surface area contributed by atoms with E-state index in [1.54, 1.807) is 12.4 Å². The van der Waals surface area contributed by atoms with Crippen LogP contribution in [0.1, 0.15) is 114 Å². The molecule has 0 saturated carbocycles. The average molecular weight is 980 g/mol. The quantitative estimate of drug-likeness (QED) is 0.0827. The molecule has 0 unspecified atom stereocenters. The predicted molar refractivity (Wildman–Crippen MR) is 298 cm³/mol. The van der Waals surface area contributed by atoms with Crippen LogP contribution in [0.15, 0.2) is 67.3 Å². The molecule has 0 aliphatic rings. The number of H-pyrrole nitrogens is 6. The number of nitrogens with one attached hydrogen (secondary N) is 6. The zero-order chi connectivity index (χ0) is 47.1. The standard InChI is InChI=1S/C9H10N2.3C8H9N3.2C7H8N4.6CH4/c1-6-3-4-8-9(5-6)11-7(2)10-8;1-5-3-7-8(4-9-5)11-6(2)10-7;1-5-3-7-8(9-4-5)11-6(2)10-7;1-5-3-4-7-8(9-5)11-6(2)10-7;1-4-8-3-6-7(10-4)11-5(2)9-6;1-4-3-8-6-7(9-4)11-5(2)10-6;;;;;;/h3-5H,1-2H3,(H,10,11);3-4H,1-2H3,(H,10,11);2*3-4H,1-2H3,(H,9,10,11);2*3H,1-2H3,(H,8,9,10,11);6*1H4. The third-order valence-electron chi connectivity index (χ3n) is 9.50. The lowest BCUT2D eigenvalue weighted by atomic mass is 10.2. The fourth-order valence-electron chi connectivity index (χ4n) is 6.63. The lowest BCUT2D eigenvalue weighted by Gasteiger charge is -1.89. The Hall–Kier alpha value is -8.35. The van der Waals surface area contributed by atoms with E-state index in [-0.39, 0.29) is 44.6 Å². The number of nitrogens with zero attached hydrogens (tertiary/aromatic N) is 13.